The van der Waals surface area contributed by atoms with E-state index in [1.165, 1.54) is 6.26 Å². The molecule has 0 spiro atoms. The van der Waals surface area contributed by atoms with E-state index in [-0.39, 0.29) is 6.42 Å². The number of benzene rings is 2. The van der Waals surface area contributed by atoms with Gasteiger partial charge < -0.3 is 14.5 Å². The van der Waals surface area contributed by atoms with Crippen LogP contribution in [-0.4, -0.2) is 31.1 Å². The van der Waals surface area contributed by atoms with Crippen LogP contribution in [0.25, 0.3) is 21.7 Å². The average Bonchev–Trinajstić information content (AvgIpc) is 3.08. The zero-order valence-electron chi connectivity index (χ0n) is 14.9. The van der Waals surface area contributed by atoms with Gasteiger partial charge in [-0.25, -0.2) is 4.79 Å². The van der Waals surface area contributed by atoms with Crippen LogP contribution < -0.4 is 10.6 Å². The summed E-state index contributed by atoms with van der Waals surface area (Å²) < 4.78 is 10.5. The highest BCUT2D eigenvalue weighted by Crippen LogP contribution is 2.30. The summed E-state index contributed by atoms with van der Waals surface area (Å²) >= 11 is 0. The van der Waals surface area contributed by atoms with E-state index in [9.17, 15) is 14.4 Å². The Kier molecular flexibility index (Phi) is 5.71. The summed E-state index contributed by atoms with van der Waals surface area (Å²) in [4.78, 5) is 35.1. The topological polar surface area (TPSA) is 97.6 Å². The van der Waals surface area contributed by atoms with Crippen LogP contribution in [0.1, 0.15) is 18.9 Å². The number of rotatable bonds is 6. The van der Waals surface area contributed by atoms with Gasteiger partial charge in [0.05, 0.1) is 12.7 Å². The molecule has 2 N–H and O–H groups in total. The maximum absolute atomic E-state index is 12.1. The summed E-state index contributed by atoms with van der Waals surface area (Å²) in [6.45, 7) is 1.84. The molecule has 1 aromatic heterocycles. The largest absolute Gasteiger partial charge is 0.464 e. The van der Waals surface area contributed by atoms with Crippen molar-refractivity contribution in [2.75, 3.05) is 13.2 Å². The maximum Gasteiger partial charge on any atom is 0.321 e. The second-order valence-electron chi connectivity index (χ2n) is 6.06. The van der Waals surface area contributed by atoms with E-state index in [1.807, 2.05) is 43.3 Å². The maximum atomic E-state index is 12.1. The van der Waals surface area contributed by atoms with Crippen molar-refractivity contribution in [1.82, 2.24) is 10.6 Å². The first kappa shape index (κ1) is 18.4. The van der Waals surface area contributed by atoms with Gasteiger partial charge in [-0.2, -0.15) is 0 Å². The smallest absolute Gasteiger partial charge is 0.321 e. The summed E-state index contributed by atoms with van der Waals surface area (Å²) in [6.07, 6.45) is 2.25. The SMILES string of the molecule is CCCNC(=O)NC(=O)COC(=O)Cc1coc2ccc3ccccc3c12. The zero-order valence-corrected chi connectivity index (χ0v) is 14.9. The normalized spacial score (nSPS) is 10.7. The molecule has 2 aromatic carbocycles. The van der Waals surface area contributed by atoms with Gasteiger partial charge in [-0.15, -0.1) is 0 Å². The van der Waals surface area contributed by atoms with Gasteiger partial charge in [-0.1, -0.05) is 37.3 Å². The molecule has 7 heteroatoms. The highest BCUT2D eigenvalue weighted by molar-refractivity contribution is 6.08. The first-order chi connectivity index (χ1) is 13.1. The van der Waals surface area contributed by atoms with Gasteiger partial charge in [-0.3, -0.25) is 14.9 Å². The second kappa shape index (κ2) is 8.35. The molecule has 0 bridgehead atoms. The molecule has 0 unspecified atom stereocenters. The van der Waals surface area contributed by atoms with E-state index in [0.717, 1.165) is 22.6 Å². The second-order valence-corrected chi connectivity index (χ2v) is 6.06. The Morgan fingerprint density at radius 1 is 1.11 bits per heavy atom. The van der Waals surface area contributed by atoms with Crippen LogP contribution >= 0.6 is 0 Å². The minimum absolute atomic E-state index is 0.0314. The lowest BCUT2D eigenvalue weighted by Crippen LogP contribution is -2.41. The number of hydrogen-bond donors (Lipinski definition) is 2. The van der Waals surface area contributed by atoms with E-state index >= 15 is 0 Å². The molecule has 0 atom stereocenters. The van der Waals surface area contributed by atoms with E-state index < -0.39 is 24.5 Å². The monoisotopic (exact) mass is 368 g/mol. The number of ether oxygens (including phenoxy) is 1. The molecule has 3 rings (SSSR count). The summed E-state index contributed by atoms with van der Waals surface area (Å²) in [5, 5.41) is 7.48. The van der Waals surface area contributed by atoms with Crippen molar-refractivity contribution in [2.24, 2.45) is 0 Å². The molecule has 0 radical (unpaired) electrons. The van der Waals surface area contributed by atoms with Gasteiger partial charge in [0.2, 0.25) is 0 Å². The number of carbonyl (C=O) groups is 3. The average molecular weight is 368 g/mol. The van der Waals surface area contributed by atoms with Crippen molar-refractivity contribution < 1.29 is 23.5 Å². The van der Waals surface area contributed by atoms with Crippen LogP contribution in [0.5, 0.6) is 0 Å². The Morgan fingerprint density at radius 2 is 1.93 bits per heavy atom. The molecule has 3 amide bonds. The van der Waals surface area contributed by atoms with E-state index in [2.05, 4.69) is 10.6 Å². The van der Waals surface area contributed by atoms with Gasteiger partial charge in [0.1, 0.15) is 5.58 Å². The minimum atomic E-state index is -0.681. The lowest BCUT2D eigenvalue weighted by Gasteiger charge is -2.07. The highest BCUT2D eigenvalue weighted by Gasteiger charge is 2.15. The molecule has 0 fully saturated rings. The molecule has 3 aromatic rings. The Morgan fingerprint density at radius 3 is 2.74 bits per heavy atom. The number of esters is 1. The van der Waals surface area contributed by atoms with E-state index in [0.29, 0.717) is 17.7 Å². The van der Waals surface area contributed by atoms with Crippen molar-refractivity contribution in [3.63, 3.8) is 0 Å². The van der Waals surface area contributed by atoms with Crippen LogP contribution in [0, 0.1) is 0 Å². The Hall–Kier alpha value is -3.35. The molecule has 0 aliphatic heterocycles. The molecule has 140 valence electrons. The van der Waals surface area contributed by atoms with Crippen molar-refractivity contribution in [2.45, 2.75) is 19.8 Å². The lowest BCUT2D eigenvalue weighted by atomic mass is 10.0. The van der Waals surface area contributed by atoms with Crippen molar-refractivity contribution in [3.05, 3.63) is 48.2 Å². The van der Waals surface area contributed by atoms with Crippen LogP contribution in [0.15, 0.2) is 47.1 Å². The van der Waals surface area contributed by atoms with Gasteiger partial charge in [0.15, 0.2) is 6.61 Å². The number of urea groups is 1. The fraction of sp³-hybridized carbons (Fsp3) is 0.250. The van der Waals surface area contributed by atoms with Crippen molar-refractivity contribution in [3.8, 4) is 0 Å². The predicted molar refractivity (Wildman–Crippen MR) is 100 cm³/mol. The summed E-state index contributed by atoms with van der Waals surface area (Å²) in [7, 11) is 0. The Labute approximate surface area is 155 Å². The number of amides is 3. The first-order valence-corrected chi connectivity index (χ1v) is 8.69. The highest BCUT2D eigenvalue weighted by atomic mass is 16.5. The minimum Gasteiger partial charge on any atom is -0.464 e. The van der Waals surface area contributed by atoms with E-state index in [4.69, 9.17) is 9.15 Å². The fourth-order valence-electron chi connectivity index (χ4n) is 2.80. The Balaban J connectivity index is 1.62. The third-order valence-corrected chi connectivity index (χ3v) is 4.03. The third-order valence-electron chi connectivity index (χ3n) is 4.03. The number of hydrogen-bond acceptors (Lipinski definition) is 5. The van der Waals surface area contributed by atoms with Gasteiger partial charge in [0.25, 0.3) is 5.91 Å². The lowest BCUT2D eigenvalue weighted by molar-refractivity contribution is -0.147. The predicted octanol–water partition coefficient (Wildman–Crippen LogP) is 2.91. The standard InChI is InChI=1S/C20H20N2O5/c1-2-9-21-20(25)22-17(23)12-27-18(24)10-14-11-26-16-8-7-13-5-3-4-6-15(13)19(14)16/h3-8,11H,2,9-10,12H2,1H3,(H2,21,22,23,25). The van der Waals surface area contributed by atoms with Crippen molar-refractivity contribution >= 4 is 39.6 Å². The molecule has 0 saturated heterocycles. The van der Waals surface area contributed by atoms with Crippen LogP contribution in [0.4, 0.5) is 4.79 Å². The van der Waals surface area contributed by atoms with Crippen molar-refractivity contribution in [1.29, 1.82) is 0 Å². The van der Waals surface area contributed by atoms with Gasteiger partial charge in [-0.05, 0) is 23.3 Å². The quantitative estimate of drug-likeness (QED) is 0.652. The molecule has 1 heterocycles. The first-order valence-electron chi connectivity index (χ1n) is 8.69. The molecule has 0 aliphatic rings. The summed E-state index contributed by atoms with van der Waals surface area (Å²) in [5.41, 5.74) is 1.37. The Bertz CT molecular complexity index is 992. The number of nitrogens with one attached hydrogen (secondary N) is 2. The van der Waals surface area contributed by atoms with Crippen LogP contribution in [-0.2, 0) is 20.7 Å². The molecule has 0 aliphatic carbocycles. The molecule has 0 saturated carbocycles. The third kappa shape index (κ3) is 4.44. The fourth-order valence-corrected chi connectivity index (χ4v) is 2.80. The summed E-state index contributed by atoms with van der Waals surface area (Å²) in [5.74, 6) is -1.26. The molecule has 27 heavy (non-hydrogen) atoms. The molecular weight excluding hydrogens is 348 g/mol. The van der Waals surface area contributed by atoms with Crippen LogP contribution in [0.3, 0.4) is 0 Å². The zero-order chi connectivity index (χ0) is 19.2. The van der Waals surface area contributed by atoms with Gasteiger partial charge in [0, 0.05) is 17.5 Å². The van der Waals surface area contributed by atoms with E-state index in [1.54, 1.807) is 0 Å². The number of fused-ring (bicyclic) bond motifs is 3. The summed E-state index contributed by atoms with van der Waals surface area (Å²) in [6, 6.07) is 11.0. The molecular formula is C20H20N2O5. The number of carbonyl (C=O) groups excluding carboxylic acids is 3. The van der Waals surface area contributed by atoms with Gasteiger partial charge >= 0.3 is 12.0 Å². The van der Waals surface area contributed by atoms with Crippen LogP contribution in [0.2, 0.25) is 0 Å². The number of furan rings is 1. The number of imide groups is 1. The molecule has 7 nitrogen and oxygen atoms in total.